The number of aliphatic hydroxyl groups is 1. The number of nitrogens with zero attached hydrogens (tertiary/aromatic N) is 7. The number of carbonyl (C=O) groups is 5. The molecule has 6 heterocycles. The quantitative estimate of drug-likeness (QED) is 0.0486. The summed E-state index contributed by atoms with van der Waals surface area (Å²) in [7, 11) is 0. The standard InChI is InChI=1S/C59H70N10O9S2/c1-39-52(80-38-63-39)42-12-10-40(11-13-42)34-62-54(72)48-33-46(70)37-68(48)57(75)53(59(2,3)4)64-50(71)18-25-76-27-29-78-30-28-77-26-24-66-20-22-67(23-21-66)49-17-16-44(35-61-49)43-14-15-45-36-69(56(74)47(45)32-43)51(41-8-6-5-7-9-41)55(73)65-58-60-19-31-79-58/h5-17,19,31-32,35,38,46,48,51,53,70H,18,20-30,33-34,36-37H2,1-4H3,(H,62,72)(H,64,71)(H,60,65,73). The molecule has 0 bridgehead atoms. The highest BCUT2D eigenvalue weighted by atomic mass is 32.1. The summed E-state index contributed by atoms with van der Waals surface area (Å²) in [4.78, 5) is 90.3. The van der Waals surface area contributed by atoms with Crippen molar-refractivity contribution in [2.24, 2.45) is 5.41 Å². The van der Waals surface area contributed by atoms with Crippen molar-refractivity contribution >= 4 is 63.2 Å². The summed E-state index contributed by atoms with van der Waals surface area (Å²) in [6.45, 7) is 14.5. The number of rotatable bonds is 24. The number of thiazole rings is 2. The van der Waals surface area contributed by atoms with E-state index in [4.69, 9.17) is 19.2 Å². The topological polar surface area (TPSA) is 221 Å². The number of nitrogens with one attached hydrogen (secondary N) is 3. The number of benzene rings is 3. The van der Waals surface area contributed by atoms with Crippen LogP contribution in [0.4, 0.5) is 10.9 Å². The van der Waals surface area contributed by atoms with Crippen molar-refractivity contribution in [1.29, 1.82) is 0 Å². The summed E-state index contributed by atoms with van der Waals surface area (Å²) in [5.41, 5.74) is 7.99. The van der Waals surface area contributed by atoms with Crippen molar-refractivity contribution in [2.45, 2.75) is 77.9 Å². The van der Waals surface area contributed by atoms with Crippen LogP contribution in [0.3, 0.4) is 0 Å². The zero-order valence-electron chi connectivity index (χ0n) is 45.7. The molecule has 6 aromatic rings. The largest absolute Gasteiger partial charge is 0.391 e. The number of hydrogen-bond acceptors (Lipinski definition) is 16. The van der Waals surface area contributed by atoms with Gasteiger partial charge in [0.25, 0.3) is 11.8 Å². The minimum absolute atomic E-state index is 0.00484. The number of amides is 5. The predicted octanol–water partition coefficient (Wildman–Crippen LogP) is 6.34. The molecule has 5 amide bonds. The minimum atomic E-state index is -0.929. The highest BCUT2D eigenvalue weighted by Gasteiger charge is 2.45. The second-order valence-corrected chi connectivity index (χ2v) is 23.0. The molecule has 3 aliphatic rings. The van der Waals surface area contributed by atoms with Crippen molar-refractivity contribution in [3.05, 3.63) is 136 Å². The van der Waals surface area contributed by atoms with Crippen LogP contribution < -0.4 is 20.9 Å². The van der Waals surface area contributed by atoms with Gasteiger partial charge in [-0.15, -0.1) is 22.7 Å². The Morgan fingerprint density at radius 3 is 2.20 bits per heavy atom. The molecular weight excluding hydrogens is 1060 g/mol. The Labute approximate surface area is 474 Å². The molecule has 4 N–H and O–H groups in total. The molecule has 0 aliphatic carbocycles. The maximum Gasteiger partial charge on any atom is 0.255 e. The van der Waals surface area contributed by atoms with Gasteiger partial charge in [0.1, 0.15) is 23.9 Å². The first kappa shape index (κ1) is 57.7. The first-order chi connectivity index (χ1) is 38.7. The van der Waals surface area contributed by atoms with Gasteiger partial charge >= 0.3 is 0 Å². The van der Waals surface area contributed by atoms with E-state index in [-0.39, 0.29) is 62.8 Å². The number of fused-ring (bicyclic) bond motifs is 1. The highest BCUT2D eigenvalue weighted by molar-refractivity contribution is 7.14. The van der Waals surface area contributed by atoms with Crippen molar-refractivity contribution in [1.82, 2.24) is 40.3 Å². The van der Waals surface area contributed by atoms with E-state index >= 15 is 0 Å². The Bertz CT molecular complexity index is 3040. The maximum absolute atomic E-state index is 14.0. The number of hydrogen-bond donors (Lipinski definition) is 4. The number of ether oxygens (including phenoxy) is 3. The van der Waals surface area contributed by atoms with Crippen molar-refractivity contribution in [3.63, 3.8) is 0 Å². The molecule has 19 nitrogen and oxygen atoms in total. The molecule has 2 saturated heterocycles. The molecule has 3 aliphatic heterocycles. The molecule has 3 aromatic heterocycles. The Morgan fingerprint density at radius 1 is 0.812 bits per heavy atom. The first-order valence-electron chi connectivity index (χ1n) is 27.1. The maximum atomic E-state index is 14.0. The lowest BCUT2D eigenvalue weighted by atomic mass is 9.85. The number of pyridine rings is 1. The van der Waals surface area contributed by atoms with Gasteiger partial charge in [0.2, 0.25) is 17.7 Å². The smallest absolute Gasteiger partial charge is 0.255 e. The van der Waals surface area contributed by atoms with Crippen LogP contribution in [0.25, 0.3) is 21.6 Å². The van der Waals surface area contributed by atoms with Gasteiger partial charge in [-0.05, 0) is 58.4 Å². The van der Waals surface area contributed by atoms with Gasteiger partial charge in [-0.3, -0.25) is 34.2 Å². The Balaban J connectivity index is 0.628. The lowest BCUT2D eigenvalue weighted by molar-refractivity contribution is -0.144. The number of aromatic nitrogens is 3. The summed E-state index contributed by atoms with van der Waals surface area (Å²) >= 11 is 2.90. The average molecular weight is 1130 g/mol. The van der Waals surface area contributed by atoms with E-state index in [0.29, 0.717) is 43.7 Å². The normalized spacial score (nSPS) is 17.3. The SMILES string of the molecule is Cc1ncsc1-c1ccc(CNC(=O)C2CC(O)CN2C(=O)C(NC(=O)CCOCCOCCOCCN2CCN(c3ccc(-c4ccc5c(c4)C(=O)N(C(C(=O)Nc4nccs4)c4ccccc4)C5)cn3)CC2)C(C)(C)C)cc1. The van der Waals surface area contributed by atoms with Gasteiger partial charge in [0.15, 0.2) is 5.13 Å². The molecule has 0 radical (unpaired) electrons. The minimum Gasteiger partial charge on any atom is -0.391 e. The van der Waals surface area contributed by atoms with Crippen LogP contribution in [0.5, 0.6) is 0 Å². The third-order valence-electron chi connectivity index (χ3n) is 14.5. The monoisotopic (exact) mass is 1130 g/mol. The van der Waals surface area contributed by atoms with E-state index in [1.54, 1.807) is 27.8 Å². The van der Waals surface area contributed by atoms with Crippen LogP contribution in [0.15, 0.2) is 108 Å². The Hall–Kier alpha value is -6.98. The van der Waals surface area contributed by atoms with Crippen molar-refractivity contribution in [3.8, 4) is 21.6 Å². The van der Waals surface area contributed by atoms with Gasteiger partial charge in [-0.1, -0.05) is 87.5 Å². The summed E-state index contributed by atoms with van der Waals surface area (Å²) in [6.07, 6.45) is 2.75. The highest BCUT2D eigenvalue weighted by Crippen LogP contribution is 2.36. The second-order valence-electron chi connectivity index (χ2n) is 21.2. The summed E-state index contributed by atoms with van der Waals surface area (Å²) in [5, 5.41) is 21.6. The van der Waals surface area contributed by atoms with Gasteiger partial charge in [0, 0.05) is 94.1 Å². The van der Waals surface area contributed by atoms with Crippen molar-refractivity contribution in [2.75, 3.05) is 89.1 Å². The van der Waals surface area contributed by atoms with E-state index < -0.39 is 35.6 Å². The fraction of sp³-hybridized carbons (Fsp3) is 0.424. The van der Waals surface area contributed by atoms with Crippen molar-refractivity contribution < 1.29 is 43.3 Å². The third-order valence-corrected chi connectivity index (χ3v) is 16.2. The van der Waals surface area contributed by atoms with Crippen LogP contribution in [0.1, 0.15) is 72.4 Å². The lowest BCUT2D eigenvalue weighted by Gasteiger charge is -2.35. The number of anilines is 2. The zero-order valence-corrected chi connectivity index (χ0v) is 47.3. The van der Waals surface area contributed by atoms with E-state index in [1.165, 1.54) is 16.2 Å². The molecular formula is C59H70N10O9S2. The lowest BCUT2D eigenvalue weighted by Crippen LogP contribution is -2.57. The molecule has 21 heteroatoms. The van der Waals surface area contributed by atoms with Crippen LogP contribution >= 0.6 is 22.7 Å². The Kier molecular flexibility index (Phi) is 19.5. The van der Waals surface area contributed by atoms with Gasteiger partial charge < -0.3 is 44.7 Å². The van der Waals surface area contributed by atoms with Crippen LogP contribution in [-0.4, -0.2) is 161 Å². The number of aliphatic hydroxyl groups excluding tert-OH is 1. The first-order valence-corrected chi connectivity index (χ1v) is 28.9. The summed E-state index contributed by atoms with van der Waals surface area (Å²) in [5.74, 6) is -0.758. The predicted molar refractivity (Wildman–Crippen MR) is 307 cm³/mol. The number of piperazine rings is 1. The summed E-state index contributed by atoms with van der Waals surface area (Å²) < 4.78 is 17.2. The second kappa shape index (κ2) is 27.0. The summed E-state index contributed by atoms with van der Waals surface area (Å²) in [6, 6.07) is 24.5. The van der Waals surface area contributed by atoms with Crippen LogP contribution in [-0.2, 0) is 46.5 Å². The number of aryl methyl sites for hydroxylation is 1. The number of β-amino-alcohol motifs (C(OH)–C–C–N with tert-alkyl or cyclic N) is 1. The molecule has 80 heavy (non-hydrogen) atoms. The van der Waals surface area contributed by atoms with Gasteiger partial charge in [-0.2, -0.15) is 0 Å². The number of likely N-dealkylation sites (tertiary alicyclic amines) is 1. The molecule has 9 rings (SSSR count). The molecule has 422 valence electrons. The van der Waals surface area contributed by atoms with Gasteiger partial charge in [-0.25, -0.2) is 15.0 Å². The third kappa shape index (κ3) is 14.7. The fourth-order valence-corrected chi connectivity index (χ4v) is 11.5. The van der Waals surface area contributed by atoms with E-state index in [9.17, 15) is 29.1 Å². The van der Waals surface area contributed by atoms with Crippen LogP contribution in [0, 0.1) is 12.3 Å². The van der Waals surface area contributed by atoms with Crippen LogP contribution in [0.2, 0.25) is 0 Å². The zero-order chi connectivity index (χ0) is 56.2. The number of carbonyl (C=O) groups excluding carboxylic acids is 5. The van der Waals surface area contributed by atoms with E-state index in [1.807, 2.05) is 124 Å². The molecule has 4 unspecified atom stereocenters. The fourth-order valence-electron chi connectivity index (χ4n) is 10.1. The average Bonchev–Trinajstić information content (AvgIpc) is 4.37. The molecule has 3 aromatic carbocycles. The Morgan fingerprint density at radius 2 is 1.52 bits per heavy atom. The van der Waals surface area contributed by atoms with E-state index in [0.717, 1.165) is 82.5 Å². The van der Waals surface area contributed by atoms with Gasteiger partial charge in [0.05, 0.1) is 61.8 Å². The molecule has 0 saturated carbocycles. The van der Waals surface area contributed by atoms with E-state index in [2.05, 4.69) is 35.7 Å². The molecule has 2 fully saturated rings. The molecule has 4 atom stereocenters. The molecule has 0 spiro atoms.